The molecule has 1 aromatic rings. The van der Waals surface area contributed by atoms with E-state index in [-0.39, 0.29) is 18.4 Å². The van der Waals surface area contributed by atoms with Crippen LogP contribution in [-0.4, -0.2) is 65.9 Å². The number of rotatable bonds is 4. The highest BCUT2D eigenvalue weighted by atomic mass is 16.2. The van der Waals surface area contributed by atoms with Crippen LogP contribution in [0.4, 0.5) is 10.5 Å². The first-order chi connectivity index (χ1) is 14.0. The van der Waals surface area contributed by atoms with Crippen molar-refractivity contribution in [1.29, 1.82) is 0 Å². The predicted molar refractivity (Wildman–Crippen MR) is 110 cm³/mol. The molecule has 3 aliphatic rings. The molecular formula is C22H30N4O3. The van der Waals surface area contributed by atoms with Crippen molar-refractivity contribution in [3.8, 4) is 0 Å². The van der Waals surface area contributed by atoms with Gasteiger partial charge in [-0.2, -0.15) is 0 Å². The lowest BCUT2D eigenvalue weighted by atomic mass is 9.75. The summed E-state index contributed by atoms with van der Waals surface area (Å²) < 4.78 is 0. The molecule has 0 bridgehead atoms. The number of anilines is 1. The van der Waals surface area contributed by atoms with E-state index in [0.29, 0.717) is 31.8 Å². The molecule has 1 spiro atoms. The van der Waals surface area contributed by atoms with Crippen molar-refractivity contribution in [3.63, 3.8) is 0 Å². The monoisotopic (exact) mass is 398 g/mol. The van der Waals surface area contributed by atoms with Crippen LogP contribution in [0.2, 0.25) is 0 Å². The third-order valence-corrected chi connectivity index (χ3v) is 6.83. The molecule has 2 heterocycles. The van der Waals surface area contributed by atoms with E-state index in [1.54, 1.807) is 4.90 Å². The number of amides is 4. The van der Waals surface area contributed by atoms with E-state index >= 15 is 0 Å². The lowest BCUT2D eigenvalue weighted by Crippen LogP contribution is -2.52. The van der Waals surface area contributed by atoms with Crippen molar-refractivity contribution in [2.45, 2.75) is 44.6 Å². The van der Waals surface area contributed by atoms with Crippen molar-refractivity contribution in [2.24, 2.45) is 5.92 Å². The second-order valence-corrected chi connectivity index (χ2v) is 8.46. The second kappa shape index (κ2) is 8.05. The molecule has 0 radical (unpaired) electrons. The maximum absolute atomic E-state index is 13.0. The van der Waals surface area contributed by atoms with Crippen molar-refractivity contribution in [1.82, 2.24) is 15.1 Å². The molecule has 1 N–H and O–H groups in total. The third kappa shape index (κ3) is 3.82. The zero-order chi connectivity index (χ0) is 20.4. The largest absolute Gasteiger partial charge is 0.368 e. The summed E-state index contributed by atoms with van der Waals surface area (Å²) in [6.07, 6.45) is 4.36. The minimum atomic E-state index is -0.783. The Bertz CT molecular complexity index is 766. The Morgan fingerprint density at radius 2 is 1.72 bits per heavy atom. The Labute approximate surface area is 172 Å². The van der Waals surface area contributed by atoms with Gasteiger partial charge in [-0.1, -0.05) is 31.5 Å². The molecule has 2 saturated heterocycles. The first kappa shape index (κ1) is 19.7. The summed E-state index contributed by atoms with van der Waals surface area (Å²) in [6, 6.07) is 9.72. The predicted octanol–water partition coefficient (Wildman–Crippen LogP) is 2.23. The Balaban J connectivity index is 1.33. The summed E-state index contributed by atoms with van der Waals surface area (Å²) >= 11 is 0. The van der Waals surface area contributed by atoms with Crippen LogP contribution in [0.25, 0.3) is 0 Å². The van der Waals surface area contributed by atoms with E-state index in [2.05, 4.69) is 29.3 Å². The summed E-state index contributed by atoms with van der Waals surface area (Å²) in [5, 5.41) is 2.91. The maximum atomic E-state index is 13.0. The zero-order valence-electron chi connectivity index (χ0n) is 17.1. The Kier molecular flexibility index (Phi) is 5.48. The first-order valence-corrected chi connectivity index (χ1v) is 10.7. The summed E-state index contributed by atoms with van der Waals surface area (Å²) in [5.74, 6) is 0.260. The highest BCUT2D eigenvalue weighted by Crippen LogP contribution is 2.37. The van der Waals surface area contributed by atoms with Crippen LogP contribution in [0.1, 0.15) is 39.0 Å². The molecule has 156 valence electrons. The molecule has 1 saturated carbocycles. The second-order valence-electron chi connectivity index (χ2n) is 8.46. The molecule has 29 heavy (non-hydrogen) atoms. The number of hydrogen-bond acceptors (Lipinski definition) is 4. The fourth-order valence-electron chi connectivity index (χ4n) is 4.83. The van der Waals surface area contributed by atoms with E-state index in [4.69, 9.17) is 0 Å². The average Bonchev–Trinajstić information content (AvgIpc) is 2.99. The van der Waals surface area contributed by atoms with Gasteiger partial charge in [0.15, 0.2) is 0 Å². The van der Waals surface area contributed by atoms with Crippen LogP contribution in [0.3, 0.4) is 0 Å². The van der Waals surface area contributed by atoms with Crippen LogP contribution in [-0.2, 0) is 9.59 Å². The van der Waals surface area contributed by atoms with Gasteiger partial charge >= 0.3 is 6.03 Å². The van der Waals surface area contributed by atoms with Crippen molar-refractivity contribution in [3.05, 3.63) is 30.3 Å². The van der Waals surface area contributed by atoms with Gasteiger partial charge in [-0.05, 0) is 43.7 Å². The number of imide groups is 1. The Hall–Kier alpha value is -2.57. The number of urea groups is 1. The maximum Gasteiger partial charge on any atom is 0.325 e. The number of nitrogens with one attached hydrogen (secondary N) is 1. The van der Waals surface area contributed by atoms with Crippen molar-refractivity contribution in [2.75, 3.05) is 37.6 Å². The van der Waals surface area contributed by atoms with E-state index in [1.165, 1.54) is 0 Å². The van der Waals surface area contributed by atoms with Crippen LogP contribution in [0.15, 0.2) is 30.3 Å². The van der Waals surface area contributed by atoms with Crippen LogP contribution < -0.4 is 10.2 Å². The van der Waals surface area contributed by atoms with Gasteiger partial charge in [0.05, 0.1) is 0 Å². The number of piperazine rings is 1. The summed E-state index contributed by atoms with van der Waals surface area (Å²) in [4.78, 5) is 43.4. The molecule has 7 nitrogen and oxygen atoms in total. The van der Waals surface area contributed by atoms with Crippen molar-refractivity contribution < 1.29 is 14.4 Å². The Morgan fingerprint density at radius 1 is 1.07 bits per heavy atom. The molecule has 1 aromatic carbocycles. The normalized spacial score (nSPS) is 27.5. The SMILES string of the molecule is CCC1CCC2(CC1)NC(=O)N(CC(=O)N1CCN(c3ccccc3)CC1)C2=O. The van der Waals surface area contributed by atoms with Gasteiger partial charge in [0.1, 0.15) is 12.1 Å². The van der Waals surface area contributed by atoms with Gasteiger partial charge in [0, 0.05) is 31.9 Å². The van der Waals surface area contributed by atoms with Gasteiger partial charge in [0.25, 0.3) is 5.91 Å². The number of para-hydroxylation sites is 1. The number of benzene rings is 1. The molecule has 0 aromatic heterocycles. The third-order valence-electron chi connectivity index (χ3n) is 6.83. The van der Waals surface area contributed by atoms with Crippen LogP contribution >= 0.6 is 0 Å². The van der Waals surface area contributed by atoms with E-state index in [9.17, 15) is 14.4 Å². The highest BCUT2D eigenvalue weighted by Gasteiger charge is 2.52. The summed E-state index contributed by atoms with van der Waals surface area (Å²) in [6.45, 7) is 4.70. The first-order valence-electron chi connectivity index (χ1n) is 10.7. The molecule has 2 aliphatic heterocycles. The lowest BCUT2D eigenvalue weighted by Gasteiger charge is -2.37. The average molecular weight is 399 g/mol. The van der Waals surface area contributed by atoms with E-state index in [0.717, 1.165) is 42.9 Å². The summed E-state index contributed by atoms with van der Waals surface area (Å²) in [5.41, 5.74) is 0.369. The molecular weight excluding hydrogens is 368 g/mol. The smallest absolute Gasteiger partial charge is 0.325 e. The molecule has 0 unspecified atom stereocenters. The lowest BCUT2D eigenvalue weighted by molar-refractivity contribution is -0.139. The quantitative estimate of drug-likeness (QED) is 0.790. The van der Waals surface area contributed by atoms with E-state index in [1.807, 2.05) is 18.2 Å². The molecule has 4 rings (SSSR count). The van der Waals surface area contributed by atoms with Gasteiger partial charge in [-0.3, -0.25) is 14.5 Å². The zero-order valence-corrected chi connectivity index (χ0v) is 17.1. The molecule has 1 aliphatic carbocycles. The van der Waals surface area contributed by atoms with Crippen molar-refractivity contribution >= 4 is 23.5 Å². The molecule has 7 heteroatoms. The number of carbonyl (C=O) groups excluding carboxylic acids is 3. The van der Waals surface area contributed by atoms with Gasteiger partial charge in [-0.25, -0.2) is 4.79 Å². The number of hydrogen-bond donors (Lipinski definition) is 1. The van der Waals surface area contributed by atoms with Gasteiger partial charge in [-0.15, -0.1) is 0 Å². The molecule has 0 atom stereocenters. The minimum absolute atomic E-state index is 0.152. The van der Waals surface area contributed by atoms with E-state index < -0.39 is 11.6 Å². The summed E-state index contributed by atoms with van der Waals surface area (Å²) in [7, 11) is 0. The molecule has 3 fully saturated rings. The molecule has 4 amide bonds. The van der Waals surface area contributed by atoms with Crippen LogP contribution in [0.5, 0.6) is 0 Å². The van der Waals surface area contributed by atoms with Crippen LogP contribution in [0, 0.1) is 5.92 Å². The number of nitrogens with zero attached hydrogens (tertiary/aromatic N) is 3. The van der Waals surface area contributed by atoms with Gasteiger partial charge in [0.2, 0.25) is 5.91 Å². The Morgan fingerprint density at radius 3 is 2.34 bits per heavy atom. The fraction of sp³-hybridized carbons (Fsp3) is 0.591. The minimum Gasteiger partial charge on any atom is -0.368 e. The fourth-order valence-corrected chi connectivity index (χ4v) is 4.83. The van der Waals surface area contributed by atoms with Gasteiger partial charge < -0.3 is 15.1 Å². The highest BCUT2D eigenvalue weighted by molar-refractivity contribution is 6.09. The topological polar surface area (TPSA) is 73.0 Å². The standard InChI is InChI=1S/C22H30N4O3/c1-2-17-8-10-22(11-9-17)20(28)26(21(29)23-22)16-19(27)25-14-12-24(13-15-25)18-6-4-3-5-7-18/h3-7,17H,2,8-16H2,1H3,(H,23,29). The number of carbonyl (C=O) groups is 3.